The van der Waals surface area contributed by atoms with Gasteiger partial charge in [-0.25, -0.2) is 8.42 Å². The summed E-state index contributed by atoms with van der Waals surface area (Å²) in [6, 6.07) is 17.9. The highest BCUT2D eigenvalue weighted by atomic mass is 32.2. The van der Waals surface area contributed by atoms with Gasteiger partial charge in [-0.1, -0.05) is 60.9 Å². The van der Waals surface area contributed by atoms with Crippen molar-refractivity contribution in [2.75, 3.05) is 31.6 Å². The van der Waals surface area contributed by atoms with Crippen molar-refractivity contribution in [2.45, 2.75) is 58.0 Å². The lowest BCUT2D eigenvalue weighted by Gasteiger charge is -2.32. The maximum atomic E-state index is 14.1. The second-order valence-corrected chi connectivity index (χ2v) is 12.1. The Balaban J connectivity index is 2.09. The van der Waals surface area contributed by atoms with Gasteiger partial charge in [-0.3, -0.25) is 13.9 Å². The molecule has 1 N–H and O–H groups in total. The Kier molecular flexibility index (Phi) is 11.4. The van der Waals surface area contributed by atoms with Crippen LogP contribution >= 0.6 is 0 Å². The third-order valence-corrected chi connectivity index (χ3v) is 8.75. The normalized spacial score (nSPS) is 11.9. The fourth-order valence-corrected chi connectivity index (χ4v) is 5.88. The summed E-state index contributed by atoms with van der Waals surface area (Å²) in [7, 11) is -1.35. The van der Waals surface area contributed by atoms with E-state index in [-0.39, 0.29) is 28.8 Å². The van der Waals surface area contributed by atoms with Crippen LogP contribution in [0.25, 0.3) is 0 Å². The van der Waals surface area contributed by atoms with Crippen molar-refractivity contribution in [2.24, 2.45) is 0 Å². The lowest BCUT2D eigenvalue weighted by molar-refractivity contribution is -0.139. The number of nitrogens with zero attached hydrogens (tertiary/aromatic N) is 2. The number of carbonyl (C=O) groups is 2. The standard InChI is InChI=1S/C32H41N3O6S/c1-7-8-18-33-32(37)25(4)34(21-26-11-9-10-24(3)19-26)31(36)22-35(29-20-27(40-5)14-17-30(29)41-6)42(38,39)28-15-12-23(2)13-16-28/h9-17,19-20,25H,7-8,18,21-22H2,1-6H3,(H,33,37). The third-order valence-electron chi connectivity index (χ3n) is 6.97. The Morgan fingerprint density at radius 2 is 1.64 bits per heavy atom. The van der Waals surface area contributed by atoms with Crippen molar-refractivity contribution in [3.05, 3.63) is 83.4 Å². The second kappa shape index (κ2) is 14.7. The molecule has 0 aromatic heterocycles. The van der Waals surface area contributed by atoms with Gasteiger partial charge in [-0.05, 0) is 57.0 Å². The fraction of sp³-hybridized carbons (Fsp3) is 0.375. The number of unbranched alkanes of at least 4 members (excludes halogenated alkanes) is 1. The van der Waals surface area contributed by atoms with Crippen molar-refractivity contribution in [1.82, 2.24) is 10.2 Å². The largest absolute Gasteiger partial charge is 0.497 e. The predicted octanol–water partition coefficient (Wildman–Crippen LogP) is 4.85. The van der Waals surface area contributed by atoms with Gasteiger partial charge in [0.1, 0.15) is 24.1 Å². The number of amides is 2. The summed E-state index contributed by atoms with van der Waals surface area (Å²) in [5, 5.41) is 2.89. The molecule has 10 heteroatoms. The van der Waals surface area contributed by atoms with E-state index in [1.807, 2.05) is 45.0 Å². The molecule has 0 heterocycles. The third kappa shape index (κ3) is 8.03. The van der Waals surface area contributed by atoms with Crippen molar-refractivity contribution >= 4 is 27.5 Å². The average Bonchev–Trinajstić information content (AvgIpc) is 2.98. The van der Waals surface area contributed by atoms with Gasteiger partial charge in [0.2, 0.25) is 11.8 Å². The molecule has 0 fully saturated rings. The zero-order chi connectivity index (χ0) is 30.9. The van der Waals surface area contributed by atoms with Crippen LogP contribution in [-0.2, 0) is 26.2 Å². The van der Waals surface area contributed by atoms with Crippen LogP contribution in [0.5, 0.6) is 11.5 Å². The first kappa shape index (κ1) is 32.5. The number of carbonyl (C=O) groups excluding carboxylic acids is 2. The molecule has 3 aromatic rings. The topological polar surface area (TPSA) is 105 Å². The first-order valence-corrected chi connectivity index (χ1v) is 15.4. The van der Waals surface area contributed by atoms with E-state index < -0.39 is 28.5 Å². The molecule has 0 aliphatic rings. The monoisotopic (exact) mass is 595 g/mol. The number of benzene rings is 3. The van der Waals surface area contributed by atoms with Gasteiger partial charge in [-0.15, -0.1) is 0 Å². The number of aryl methyl sites for hydroxylation is 2. The molecule has 0 radical (unpaired) electrons. The second-order valence-electron chi connectivity index (χ2n) is 10.2. The minimum Gasteiger partial charge on any atom is -0.497 e. The molecule has 3 rings (SSSR count). The summed E-state index contributed by atoms with van der Waals surface area (Å²) < 4.78 is 40.2. The van der Waals surface area contributed by atoms with E-state index in [4.69, 9.17) is 9.47 Å². The molecule has 0 saturated heterocycles. The molecule has 0 spiro atoms. The van der Waals surface area contributed by atoms with Crippen LogP contribution in [0.15, 0.2) is 71.6 Å². The summed E-state index contributed by atoms with van der Waals surface area (Å²) in [6.45, 7) is 7.52. The SMILES string of the molecule is CCCCNC(=O)C(C)N(Cc1cccc(C)c1)C(=O)CN(c1cc(OC)ccc1OC)S(=O)(=O)c1ccc(C)cc1. The first-order valence-electron chi connectivity index (χ1n) is 14.0. The summed E-state index contributed by atoms with van der Waals surface area (Å²) in [5.74, 6) is -0.218. The molecule has 9 nitrogen and oxygen atoms in total. The highest BCUT2D eigenvalue weighted by Gasteiger charge is 2.34. The van der Waals surface area contributed by atoms with E-state index in [1.54, 1.807) is 31.2 Å². The van der Waals surface area contributed by atoms with Crippen LogP contribution in [0.2, 0.25) is 0 Å². The summed E-state index contributed by atoms with van der Waals surface area (Å²) >= 11 is 0. The highest BCUT2D eigenvalue weighted by Crippen LogP contribution is 2.36. The van der Waals surface area contributed by atoms with E-state index >= 15 is 0 Å². The van der Waals surface area contributed by atoms with E-state index in [9.17, 15) is 18.0 Å². The maximum absolute atomic E-state index is 14.1. The zero-order valence-corrected chi connectivity index (χ0v) is 26.0. The van der Waals surface area contributed by atoms with Crippen LogP contribution in [0, 0.1) is 13.8 Å². The van der Waals surface area contributed by atoms with Crippen molar-refractivity contribution < 1.29 is 27.5 Å². The number of methoxy groups -OCH3 is 2. The molecule has 0 bridgehead atoms. The number of hydrogen-bond donors (Lipinski definition) is 1. The van der Waals surface area contributed by atoms with Crippen LogP contribution in [-0.4, -0.2) is 58.5 Å². The van der Waals surface area contributed by atoms with Crippen molar-refractivity contribution in [3.8, 4) is 11.5 Å². The Morgan fingerprint density at radius 1 is 0.929 bits per heavy atom. The summed E-state index contributed by atoms with van der Waals surface area (Å²) in [5.41, 5.74) is 2.86. The van der Waals surface area contributed by atoms with E-state index in [0.29, 0.717) is 12.3 Å². The van der Waals surface area contributed by atoms with Crippen molar-refractivity contribution in [1.29, 1.82) is 0 Å². The Bertz CT molecular complexity index is 1470. The molecule has 1 atom stereocenters. The first-order chi connectivity index (χ1) is 20.0. The van der Waals surface area contributed by atoms with Crippen LogP contribution in [0.1, 0.15) is 43.4 Å². The minimum absolute atomic E-state index is 0.0152. The quantitative estimate of drug-likeness (QED) is 0.267. The van der Waals surface area contributed by atoms with E-state index in [1.165, 1.54) is 37.3 Å². The molecule has 0 aliphatic carbocycles. The van der Waals surface area contributed by atoms with Crippen LogP contribution in [0.3, 0.4) is 0 Å². The molecule has 42 heavy (non-hydrogen) atoms. The predicted molar refractivity (Wildman–Crippen MR) is 164 cm³/mol. The van der Waals surface area contributed by atoms with E-state index in [2.05, 4.69) is 5.32 Å². The van der Waals surface area contributed by atoms with Crippen LogP contribution < -0.4 is 19.1 Å². The van der Waals surface area contributed by atoms with Gasteiger partial charge in [0.15, 0.2) is 0 Å². The average molecular weight is 596 g/mol. The van der Waals surface area contributed by atoms with Gasteiger partial charge in [0, 0.05) is 19.2 Å². The molecular weight excluding hydrogens is 554 g/mol. The minimum atomic E-state index is -4.25. The number of sulfonamides is 1. The van der Waals surface area contributed by atoms with Gasteiger partial charge in [0.25, 0.3) is 10.0 Å². The zero-order valence-electron chi connectivity index (χ0n) is 25.2. The number of anilines is 1. The molecule has 226 valence electrons. The maximum Gasteiger partial charge on any atom is 0.264 e. The van der Waals surface area contributed by atoms with Gasteiger partial charge < -0.3 is 19.7 Å². The Morgan fingerprint density at radius 3 is 2.26 bits per heavy atom. The molecular formula is C32H41N3O6S. The number of ether oxygens (including phenoxy) is 2. The summed E-state index contributed by atoms with van der Waals surface area (Å²) in [6.07, 6.45) is 1.72. The molecule has 2 amide bonds. The number of nitrogens with one attached hydrogen (secondary N) is 1. The van der Waals surface area contributed by atoms with E-state index in [0.717, 1.165) is 33.8 Å². The molecule has 0 aliphatic heterocycles. The van der Waals surface area contributed by atoms with Crippen LogP contribution in [0.4, 0.5) is 5.69 Å². The van der Waals surface area contributed by atoms with Gasteiger partial charge in [0.05, 0.1) is 24.8 Å². The molecule has 1 unspecified atom stereocenters. The number of rotatable bonds is 14. The number of hydrogen-bond acceptors (Lipinski definition) is 6. The van der Waals surface area contributed by atoms with Gasteiger partial charge >= 0.3 is 0 Å². The smallest absolute Gasteiger partial charge is 0.264 e. The van der Waals surface area contributed by atoms with Crippen molar-refractivity contribution in [3.63, 3.8) is 0 Å². The Labute approximate surface area is 249 Å². The highest BCUT2D eigenvalue weighted by molar-refractivity contribution is 7.92. The lowest BCUT2D eigenvalue weighted by atomic mass is 10.1. The lowest BCUT2D eigenvalue weighted by Crippen LogP contribution is -2.51. The summed E-state index contributed by atoms with van der Waals surface area (Å²) in [4.78, 5) is 28.7. The van der Waals surface area contributed by atoms with Gasteiger partial charge in [-0.2, -0.15) is 0 Å². The molecule has 0 saturated carbocycles. The molecule has 3 aromatic carbocycles. The fourth-order valence-electron chi connectivity index (χ4n) is 4.47. The Hall–Kier alpha value is -4.05.